The van der Waals surface area contributed by atoms with Crippen LogP contribution >= 0.6 is 23.2 Å². The Hall–Kier alpha value is -2.83. The van der Waals surface area contributed by atoms with E-state index in [4.69, 9.17) is 23.2 Å². The molecule has 3 aromatic rings. The van der Waals surface area contributed by atoms with E-state index >= 15 is 0 Å². The first-order valence-electron chi connectivity index (χ1n) is 8.25. The van der Waals surface area contributed by atoms with Crippen molar-refractivity contribution in [2.45, 2.75) is 6.30 Å². The van der Waals surface area contributed by atoms with Crippen LogP contribution in [0.2, 0.25) is 5.02 Å². The van der Waals surface area contributed by atoms with E-state index < -0.39 is 23.1 Å². The molecule has 3 nitrogen and oxygen atoms in total. The predicted molar refractivity (Wildman–Crippen MR) is 106 cm³/mol. The van der Waals surface area contributed by atoms with Gasteiger partial charge in [0, 0.05) is 5.56 Å². The van der Waals surface area contributed by atoms with Crippen molar-refractivity contribution in [2.75, 3.05) is 4.90 Å². The fraction of sp³-hybridized carbons (Fsp3) is 0.0476. The van der Waals surface area contributed by atoms with E-state index in [1.165, 1.54) is 12.1 Å². The van der Waals surface area contributed by atoms with Crippen molar-refractivity contribution in [3.8, 4) is 11.1 Å². The van der Waals surface area contributed by atoms with Gasteiger partial charge in [-0.25, -0.2) is 4.90 Å². The van der Waals surface area contributed by atoms with Crippen LogP contribution in [0.1, 0.15) is 20.7 Å². The molecule has 3 rings (SSSR count). The first-order chi connectivity index (χ1) is 13.7. The van der Waals surface area contributed by atoms with Crippen LogP contribution in [-0.4, -0.2) is 17.4 Å². The number of carbonyl (C=O) groups excluding carboxylic acids is 2. The number of alkyl halides is 3. The molecule has 0 saturated heterocycles. The molecule has 29 heavy (non-hydrogen) atoms. The van der Waals surface area contributed by atoms with Crippen LogP contribution in [0.15, 0.2) is 72.8 Å². The molecule has 0 radical (unpaired) electrons. The summed E-state index contributed by atoms with van der Waals surface area (Å²) in [6, 6.07) is 17.5. The lowest BCUT2D eigenvalue weighted by Crippen LogP contribution is -2.43. The van der Waals surface area contributed by atoms with Crippen molar-refractivity contribution < 1.29 is 22.8 Å². The van der Waals surface area contributed by atoms with Crippen LogP contribution in [0, 0.1) is 0 Å². The molecule has 0 heterocycles. The zero-order valence-electron chi connectivity index (χ0n) is 14.6. The molecule has 0 fully saturated rings. The van der Waals surface area contributed by atoms with E-state index in [9.17, 15) is 22.8 Å². The minimum atomic E-state index is -5.03. The third-order valence-corrected chi connectivity index (χ3v) is 4.64. The van der Waals surface area contributed by atoms with Gasteiger partial charge in [-0.3, -0.25) is 9.59 Å². The molecule has 0 N–H and O–H groups in total. The zero-order chi connectivity index (χ0) is 21.2. The monoisotopic (exact) mass is 437 g/mol. The fourth-order valence-electron chi connectivity index (χ4n) is 2.84. The Bertz CT molecular complexity index is 1070. The van der Waals surface area contributed by atoms with Gasteiger partial charge in [-0.15, -0.1) is 13.2 Å². The summed E-state index contributed by atoms with van der Waals surface area (Å²) in [5.74, 6) is -1.28. The van der Waals surface area contributed by atoms with Gasteiger partial charge in [-0.2, -0.15) is 0 Å². The molecule has 3 aromatic carbocycles. The Morgan fingerprint density at radius 2 is 1.45 bits per heavy atom. The van der Waals surface area contributed by atoms with Gasteiger partial charge in [-0.05, 0) is 47.0 Å². The highest BCUT2D eigenvalue weighted by Gasteiger charge is 2.43. The number of carbonyl (C=O) groups is 2. The Labute approximate surface area is 174 Å². The van der Waals surface area contributed by atoms with Crippen LogP contribution in [0.4, 0.5) is 18.9 Å². The van der Waals surface area contributed by atoms with Crippen LogP contribution in [-0.2, 0) is 0 Å². The molecule has 0 spiro atoms. The third-order valence-electron chi connectivity index (χ3n) is 4.12. The SMILES string of the molecule is O=C(Cl)c1ccc(N(C(=O)c2ccccc2-c2ccccc2)C(F)(F)F)cc1Cl. The first kappa shape index (κ1) is 20.9. The topological polar surface area (TPSA) is 37.4 Å². The molecule has 148 valence electrons. The van der Waals surface area contributed by atoms with Crippen LogP contribution < -0.4 is 4.90 Å². The second kappa shape index (κ2) is 8.27. The highest BCUT2D eigenvalue weighted by molar-refractivity contribution is 6.68. The van der Waals surface area contributed by atoms with Crippen molar-refractivity contribution in [1.82, 2.24) is 0 Å². The number of hydrogen-bond donors (Lipinski definition) is 0. The average molecular weight is 438 g/mol. The standard InChI is InChI=1S/C21H12Cl2F3NO2/c22-18-12-14(10-11-17(18)19(23)28)27(21(24,25)26)20(29)16-9-5-4-8-15(16)13-6-2-1-3-7-13/h1-12H. The maximum Gasteiger partial charge on any atom is 0.491 e. The number of amides is 1. The zero-order valence-corrected chi connectivity index (χ0v) is 16.1. The highest BCUT2D eigenvalue weighted by atomic mass is 35.5. The first-order valence-corrected chi connectivity index (χ1v) is 9.01. The third kappa shape index (κ3) is 4.44. The predicted octanol–water partition coefficient (Wildman–Crippen LogP) is 6.55. The molecule has 0 aromatic heterocycles. The number of nitrogens with zero attached hydrogens (tertiary/aromatic N) is 1. The summed E-state index contributed by atoms with van der Waals surface area (Å²) in [5.41, 5.74) is 0.128. The summed E-state index contributed by atoms with van der Waals surface area (Å²) in [6.07, 6.45) is -5.03. The fourth-order valence-corrected chi connectivity index (χ4v) is 3.31. The Balaban J connectivity index is 2.12. The van der Waals surface area contributed by atoms with Gasteiger partial charge >= 0.3 is 6.30 Å². The second-order valence-corrected chi connectivity index (χ2v) is 6.71. The number of rotatable bonds is 4. The van der Waals surface area contributed by atoms with Crippen LogP contribution in [0.25, 0.3) is 11.1 Å². The normalized spacial score (nSPS) is 11.2. The molecule has 0 bridgehead atoms. The molecule has 0 aliphatic rings. The Kier molecular flexibility index (Phi) is 5.96. The largest absolute Gasteiger partial charge is 0.491 e. The summed E-state index contributed by atoms with van der Waals surface area (Å²) in [7, 11) is 0. The minimum Gasteiger partial charge on any atom is -0.276 e. The summed E-state index contributed by atoms with van der Waals surface area (Å²) in [4.78, 5) is 23.9. The van der Waals surface area contributed by atoms with Gasteiger partial charge in [0.1, 0.15) is 0 Å². The van der Waals surface area contributed by atoms with Gasteiger partial charge in [-0.1, -0.05) is 60.1 Å². The van der Waals surface area contributed by atoms with Crippen molar-refractivity contribution in [3.63, 3.8) is 0 Å². The number of hydrogen-bond acceptors (Lipinski definition) is 2. The molecule has 0 saturated carbocycles. The van der Waals surface area contributed by atoms with Gasteiger partial charge < -0.3 is 0 Å². The molecule has 0 aliphatic carbocycles. The number of anilines is 1. The summed E-state index contributed by atoms with van der Waals surface area (Å²) in [5, 5.41) is -1.21. The van der Waals surface area contributed by atoms with Crippen molar-refractivity contribution >= 4 is 40.0 Å². The summed E-state index contributed by atoms with van der Waals surface area (Å²) < 4.78 is 41.5. The molecule has 0 unspecified atom stereocenters. The quantitative estimate of drug-likeness (QED) is 0.342. The van der Waals surface area contributed by atoms with Crippen LogP contribution in [0.5, 0.6) is 0 Å². The maximum absolute atomic E-state index is 13.8. The summed E-state index contributed by atoms with van der Waals surface area (Å²) >= 11 is 11.2. The van der Waals surface area contributed by atoms with Crippen LogP contribution in [0.3, 0.4) is 0 Å². The van der Waals surface area contributed by atoms with Gasteiger partial charge in [0.2, 0.25) is 0 Å². The van der Waals surface area contributed by atoms with E-state index in [0.29, 0.717) is 11.1 Å². The minimum absolute atomic E-state index is 0.135. The van der Waals surface area contributed by atoms with Crippen molar-refractivity contribution in [3.05, 3.63) is 88.9 Å². The number of benzene rings is 3. The lowest BCUT2D eigenvalue weighted by Gasteiger charge is -2.26. The molecule has 0 atom stereocenters. The molecule has 0 aliphatic heterocycles. The van der Waals surface area contributed by atoms with Crippen molar-refractivity contribution in [2.24, 2.45) is 0 Å². The summed E-state index contributed by atoms with van der Waals surface area (Å²) in [6.45, 7) is 0. The molecular weight excluding hydrogens is 426 g/mol. The smallest absolute Gasteiger partial charge is 0.276 e. The Morgan fingerprint density at radius 1 is 0.828 bits per heavy atom. The lowest BCUT2D eigenvalue weighted by atomic mass is 9.98. The van der Waals surface area contributed by atoms with E-state index in [1.54, 1.807) is 42.5 Å². The Morgan fingerprint density at radius 3 is 2.03 bits per heavy atom. The molecule has 8 heteroatoms. The van der Waals surface area contributed by atoms with E-state index in [1.807, 2.05) is 0 Å². The van der Waals surface area contributed by atoms with Gasteiger partial charge in [0.25, 0.3) is 11.1 Å². The molecular formula is C21H12Cl2F3NO2. The average Bonchev–Trinajstić information content (AvgIpc) is 2.67. The lowest BCUT2D eigenvalue weighted by molar-refractivity contribution is -0.122. The molecule has 1 amide bonds. The van der Waals surface area contributed by atoms with E-state index in [-0.39, 0.29) is 21.0 Å². The number of halogens is 5. The van der Waals surface area contributed by atoms with E-state index in [0.717, 1.165) is 18.2 Å². The highest BCUT2D eigenvalue weighted by Crippen LogP contribution is 2.35. The van der Waals surface area contributed by atoms with Gasteiger partial charge in [0.05, 0.1) is 16.3 Å². The maximum atomic E-state index is 13.8. The second-order valence-electron chi connectivity index (χ2n) is 5.96. The van der Waals surface area contributed by atoms with Crippen molar-refractivity contribution in [1.29, 1.82) is 0 Å². The van der Waals surface area contributed by atoms with E-state index in [2.05, 4.69) is 0 Å². The van der Waals surface area contributed by atoms with Gasteiger partial charge in [0.15, 0.2) is 0 Å².